The summed E-state index contributed by atoms with van der Waals surface area (Å²) in [5, 5.41) is 9.56. The average molecular weight is 290 g/mol. The maximum atomic E-state index is 12.0. The van der Waals surface area contributed by atoms with E-state index >= 15 is 0 Å². The number of aryl methyl sites for hydroxylation is 1. The van der Waals surface area contributed by atoms with Crippen LogP contribution in [0.25, 0.3) is 0 Å². The Morgan fingerprint density at radius 1 is 1.52 bits per heavy atom. The summed E-state index contributed by atoms with van der Waals surface area (Å²) in [6, 6.07) is 0.187. The molecule has 0 bridgehead atoms. The van der Waals surface area contributed by atoms with Crippen LogP contribution in [0.5, 0.6) is 0 Å². The van der Waals surface area contributed by atoms with Crippen LogP contribution in [0.1, 0.15) is 44.5 Å². The molecule has 0 saturated carbocycles. The van der Waals surface area contributed by atoms with Gasteiger partial charge in [0.05, 0.1) is 6.33 Å². The molecule has 2 aromatic heterocycles. The lowest BCUT2D eigenvalue weighted by Crippen LogP contribution is -2.27. The minimum absolute atomic E-state index is 0.0831. The topological polar surface area (TPSA) is 88.5 Å². The third-order valence-corrected chi connectivity index (χ3v) is 3.37. The van der Waals surface area contributed by atoms with Gasteiger partial charge in [-0.05, 0) is 12.8 Å². The molecule has 0 aliphatic rings. The summed E-state index contributed by atoms with van der Waals surface area (Å²) in [5.41, 5.74) is 0. The molecular weight excluding hydrogens is 268 g/mol. The normalized spacial score (nSPS) is 12.2. The molecule has 0 saturated heterocycles. The van der Waals surface area contributed by atoms with Crippen LogP contribution in [0.3, 0.4) is 0 Å². The second kappa shape index (κ2) is 8.18. The lowest BCUT2D eigenvalue weighted by Gasteiger charge is -2.17. The third-order valence-electron chi connectivity index (χ3n) is 3.37. The van der Waals surface area contributed by atoms with Crippen molar-refractivity contribution in [2.45, 2.75) is 45.1 Å². The predicted octanol–water partition coefficient (Wildman–Crippen LogP) is 1.48. The Hall–Kier alpha value is -2.18. The molecule has 114 valence electrons. The van der Waals surface area contributed by atoms with E-state index in [-0.39, 0.29) is 11.9 Å². The summed E-state index contributed by atoms with van der Waals surface area (Å²) in [6.07, 6.45) is 11.1. The first kappa shape index (κ1) is 15.2. The number of carbonyl (C=O) groups is 1. The number of hydrogen-bond donors (Lipinski definition) is 2. The summed E-state index contributed by atoms with van der Waals surface area (Å²) >= 11 is 0. The lowest BCUT2D eigenvalue weighted by atomic mass is 10.1. The monoisotopic (exact) mass is 290 g/mol. The highest BCUT2D eigenvalue weighted by atomic mass is 16.1. The van der Waals surface area contributed by atoms with E-state index in [0.717, 1.165) is 31.5 Å². The summed E-state index contributed by atoms with van der Waals surface area (Å²) in [6.45, 7) is 2.78. The zero-order valence-electron chi connectivity index (χ0n) is 12.3. The van der Waals surface area contributed by atoms with Gasteiger partial charge in [-0.2, -0.15) is 5.10 Å². The van der Waals surface area contributed by atoms with E-state index < -0.39 is 0 Å². The minimum Gasteiger partial charge on any atom is -0.356 e. The number of amides is 1. The molecule has 1 unspecified atom stereocenters. The summed E-state index contributed by atoms with van der Waals surface area (Å²) in [7, 11) is 0. The highest BCUT2D eigenvalue weighted by Gasteiger charge is 2.14. The van der Waals surface area contributed by atoms with Crippen LogP contribution in [-0.2, 0) is 11.2 Å². The first-order valence-corrected chi connectivity index (χ1v) is 7.38. The van der Waals surface area contributed by atoms with Crippen LogP contribution in [0.2, 0.25) is 0 Å². The van der Waals surface area contributed by atoms with Crippen molar-refractivity contribution in [1.82, 2.24) is 30.0 Å². The fourth-order valence-corrected chi connectivity index (χ4v) is 2.30. The van der Waals surface area contributed by atoms with E-state index in [9.17, 15) is 4.79 Å². The molecule has 0 aromatic carbocycles. The summed E-state index contributed by atoms with van der Waals surface area (Å²) < 4.78 is 2.01. The molecule has 2 heterocycles. The molecule has 7 heteroatoms. The molecule has 2 N–H and O–H groups in total. The minimum atomic E-state index is 0.0831. The molecule has 0 spiro atoms. The van der Waals surface area contributed by atoms with Crippen LogP contribution in [0.15, 0.2) is 25.0 Å². The number of nitrogens with zero attached hydrogens (tertiary/aromatic N) is 4. The van der Waals surface area contributed by atoms with Crippen molar-refractivity contribution in [3.63, 3.8) is 0 Å². The Morgan fingerprint density at radius 2 is 2.43 bits per heavy atom. The molecule has 2 aromatic rings. The average Bonchev–Trinajstić information content (AvgIpc) is 3.16. The maximum Gasteiger partial charge on any atom is 0.222 e. The van der Waals surface area contributed by atoms with Crippen molar-refractivity contribution in [3.8, 4) is 0 Å². The Bertz CT molecular complexity index is 508. The van der Waals surface area contributed by atoms with Gasteiger partial charge >= 0.3 is 0 Å². The second-order valence-corrected chi connectivity index (χ2v) is 5.04. The van der Waals surface area contributed by atoms with Gasteiger partial charge in [0.1, 0.15) is 12.2 Å². The lowest BCUT2D eigenvalue weighted by molar-refractivity contribution is -0.121. The standard InChI is InChI=1S/C14H22N6O/c1-2-4-12(20-8-7-15-11-20)9-14(21)16-6-3-5-13-17-10-18-19-13/h7-8,10-12H,2-6,9H2,1H3,(H,16,21)(H,17,18,19). The Kier molecular flexibility index (Phi) is 5.93. The van der Waals surface area contributed by atoms with Crippen LogP contribution < -0.4 is 5.32 Å². The molecular formula is C14H22N6O. The van der Waals surface area contributed by atoms with Gasteiger partial charge < -0.3 is 9.88 Å². The number of hydrogen-bond acceptors (Lipinski definition) is 4. The predicted molar refractivity (Wildman–Crippen MR) is 78.5 cm³/mol. The highest BCUT2D eigenvalue weighted by molar-refractivity contribution is 5.76. The van der Waals surface area contributed by atoms with Gasteiger partial charge in [-0.15, -0.1) is 0 Å². The molecule has 21 heavy (non-hydrogen) atoms. The van der Waals surface area contributed by atoms with Gasteiger partial charge in [-0.1, -0.05) is 13.3 Å². The number of rotatable bonds is 9. The van der Waals surface area contributed by atoms with Crippen LogP contribution in [0, 0.1) is 0 Å². The van der Waals surface area contributed by atoms with Crippen LogP contribution >= 0.6 is 0 Å². The molecule has 1 amide bonds. The number of nitrogens with one attached hydrogen (secondary N) is 2. The first-order valence-electron chi connectivity index (χ1n) is 7.38. The molecule has 7 nitrogen and oxygen atoms in total. The number of carbonyl (C=O) groups excluding carboxylic acids is 1. The van der Waals surface area contributed by atoms with Gasteiger partial charge in [0.15, 0.2) is 0 Å². The van der Waals surface area contributed by atoms with Crippen molar-refractivity contribution in [1.29, 1.82) is 0 Å². The largest absolute Gasteiger partial charge is 0.356 e. The number of aromatic nitrogens is 5. The van der Waals surface area contributed by atoms with Crippen molar-refractivity contribution >= 4 is 5.91 Å². The van der Waals surface area contributed by atoms with Crippen LogP contribution in [0.4, 0.5) is 0 Å². The summed E-state index contributed by atoms with van der Waals surface area (Å²) in [4.78, 5) is 20.1. The fraction of sp³-hybridized carbons (Fsp3) is 0.571. The fourth-order valence-electron chi connectivity index (χ4n) is 2.30. The van der Waals surface area contributed by atoms with E-state index in [1.54, 1.807) is 12.5 Å². The SMILES string of the molecule is CCCC(CC(=O)NCCCc1ncn[nH]1)n1ccnc1. The van der Waals surface area contributed by atoms with Crippen molar-refractivity contribution in [2.75, 3.05) is 6.54 Å². The van der Waals surface area contributed by atoms with Crippen molar-refractivity contribution in [3.05, 3.63) is 30.9 Å². The molecule has 0 aliphatic carbocycles. The molecule has 0 aliphatic heterocycles. The van der Waals surface area contributed by atoms with E-state index in [4.69, 9.17) is 0 Å². The first-order chi connectivity index (χ1) is 10.3. The smallest absolute Gasteiger partial charge is 0.222 e. The van der Waals surface area contributed by atoms with Crippen molar-refractivity contribution < 1.29 is 4.79 Å². The van der Waals surface area contributed by atoms with E-state index in [0.29, 0.717) is 13.0 Å². The van der Waals surface area contributed by atoms with Gasteiger partial charge in [-0.25, -0.2) is 9.97 Å². The van der Waals surface area contributed by atoms with E-state index in [1.165, 1.54) is 6.33 Å². The van der Waals surface area contributed by atoms with Crippen LogP contribution in [-0.4, -0.2) is 37.2 Å². The van der Waals surface area contributed by atoms with Gasteiger partial charge in [0, 0.05) is 37.8 Å². The molecule has 0 radical (unpaired) electrons. The Balaban J connectivity index is 1.69. The van der Waals surface area contributed by atoms with E-state index in [2.05, 4.69) is 32.4 Å². The van der Waals surface area contributed by atoms with Gasteiger partial charge in [-0.3, -0.25) is 9.89 Å². The van der Waals surface area contributed by atoms with Crippen molar-refractivity contribution in [2.24, 2.45) is 0 Å². The van der Waals surface area contributed by atoms with Gasteiger partial charge in [0.25, 0.3) is 0 Å². The number of aromatic amines is 1. The number of imidazole rings is 1. The molecule has 2 rings (SSSR count). The zero-order valence-corrected chi connectivity index (χ0v) is 12.3. The quantitative estimate of drug-likeness (QED) is 0.685. The van der Waals surface area contributed by atoms with Gasteiger partial charge in [0.2, 0.25) is 5.91 Å². The third kappa shape index (κ3) is 5.02. The molecule has 1 atom stereocenters. The Morgan fingerprint density at radius 3 is 3.10 bits per heavy atom. The second-order valence-electron chi connectivity index (χ2n) is 5.04. The van der Waals surface area contributed by atoms with E-state index in [1.807, 2.05) is 10.8 Å². The maximum absolute atomic E-state index is 12.0. The Labute approximate surface area is 124 Å². The summed E-state index contributed by atoms with van der Waals surface area (Å²) in [5.74, 6) is 0.936. The zero-order chi connectivity index (χ0) is 14.9. The number of H-pyrrole nitrogens is 1. The highest BCUT2D eigenvalue weighted by Crippen LogP contribution is 2.17. The molecule has 0 fully saturated rings.